The number of aliphatic hydroxyl groups is 1. The summed E-state index contributed by atoms with van der Waals surface area (Å²) in [6, 6.07) is 19.5. The molecule has 1 atom stereocenters. The summed E-state index contributed by atoms with van der Waals surface area (Å²) in [5.41, 5.74) is 4.28. The molecule has 0 saturated heterocycles. The number of hydrogen-bond donors (Lipinski definition) is 5. The number of carbonyl (C=O) groups excluding carboxylic acids is 2. The number of carboxylic acids is 1. The van der Waals surface area contributed by atoms with Gasteiger partial charge in [0.05, 0.1) is 12.5 Å². The van der Waals surface area contributed by atoms with Gasteiger partial charge in [0.2, 0.25) is 5.91 Å². The first kappa shape index (κ1) is 23.8. The molecule has 4 rings (SSSR count). The average Bonchev–Trinajstić information content (AvgIpc) is 3.15. The quantitative estimate of drug-likeness (QED) is 0.335. The zero-order valence-electron chi connectivity index (χ0n) is 18.6. The van der Waals surface area contributed by atoms with Gasteiger partial charge >= 0.3 is 12.1 Å². The van der Waals surface area contributed by atoms with Gasteiger partial charge < -0.3 is 30.7 Å². The van der Waals surface area contributed by atoms with E-state index in [1.807, 2.05) is 48.5 Å². The van der Waals surface area contributed by atoms with Gasteiger partial charge in [-0.15, -0.1) is 0 Å². The topological polar surface area (TPSA) is 145 Å². The molecule has 3 aromatic carbocycles. The fraction of sp³-hybridized carbons (Fsp3) is 0.192. The van der Waals surface area contributed by atoms with Crippen LogP contribution in [0.15, 0.2) is 66.7 Å². The largest absolute Gasteiger partial charge is 0.507 e. The van der Waals surface area contributed by atoms with Crippen molar-refractivity contribution < 1.29 is 34.4 Å². The maximum absolute atomic E-state index is 12.2. The second-order valence-electron chi connectivity index (χ2n) is 8.15. The molecule has 0 fully saturated rings. The molecule has 0 heterocycles. The first-order chi connectivity index (χ1) is 16.8. The summed E-state index contributed by atoms with van der Waals surface area (Å²) in [7, 11) is 0. The van der Waals surface area contributed by atoms with Crippen molar-refractivity contribution in [3.63, 3.8) is 0 Å². The van der Waals surface area contributed by atoms with Crippen LogP contribution < -0.4 is 10.6 Å². The Hall–Kier alpha value is -4.37. The number of phenols is 1. The Bertz CT molecular complexity index is 1230. The van der Waals surface area contributed by atoms with Crippen molar-refractivity contribution in [1.82, 2.24) is 5.32 Å². The molecule has 0 aromatic heterocycles. The molecule has 1 unspecified atom stereocenters. The molecule has 35 heavy (non-hydrogen) atoms. The normalized spacial score (nSPS) is 12.8. The predicted octanol–water partition coefficient (Wildman–Crippen LogP) is 3.32. The molecule has 0 radical (unpaired) electrons. The SMILES string of the molecule is O=C(CC(O)CNC(=O)OCC1c2ccccc2-c2ccccc21)Nc1ccc(C(=O)O)c(O)c1. The van der Waals surface area contributed by atoms with Gasteiger partial charge in [-0.1, -0.05) is 48.5 Å². The van der Waals surface area contributed by atoms with E-state index in [1.54, 1.807) is 0 Å². The Morgan fingerprint density at radius 2 is 1.57 bits per heavy atom. The number of rotatable bonds is 8. The van der Waals surface area contributed by atoms with Crippen molar-refractivity contribution in [1.29, 1.82) is 0 Å². The monoisotopic (exact) mass is 476 g/mol. The number of hydrogen-bond acceptors (Lipinski definition) is 6. The van der Waals surface area contributed by atoms with E-state index < -0.39 is 29.8 Å². The summed E-state index contributed by atoms with van der Waals surface area (Å²) >= 11 is 0. The van der Waals surface area contributed by atoms with E-state index in [-0.39, 0.29) is 36.7 Å². The van der Waals surface area contributed by atoms with E-state index in [2.05, 4.69) is 10.6 Å². The average molecular weight is 476 g/mol. The van der Waals surface area contributed by atoms with Crippen LogP contribution in [-0.4, -0.2) is 52.5 Å². The molecule has 1 aliphatic rings. The number of nitrogens with one attached hydrogen (secondary N) is 2. The highest BCUT2D eigenvalue weighted by Gasteiger charge is 2.29. The van der Waals surface area contributed by atoms with Crippen molar-refractivity contribution in [2.45, 2.75) is 18.4 Å². The third-order valence-corrected chi connectivity index (χ3v) is 5.76. The number of fused-ring (bicyclic) bond motifs is 3. The number of benzene rings is 3. The number of carbonyl (C=O) groups is 3. The van der Waals surface area contributed by atoms with Gasteiger partial charge in [0.15, 0.2) is 0 Å². The number of anilines is 1. The van der Waals surface area contributed by atoms with Gasteiger partial charge in [0.25, 0.3) is 0 Å². The van der Waals surface area contributed by atoms with Gasteiger partial charge in [-0.25, -0.2) is 9.59 Å². The summed E-state index contributed by atoms with van der Waals surface area (Å²) in [5.74, 6) is -2.45. The predicted molar refractivity (Wildman–Crippen MR) is 127 cm³/mol. The first-order valence-corrected chi connectivity index (χ1v) is 11.0. The Kier molecular flexibility index (Phi) is 6.98. The van der Waals surface area contributed by atoms with E-state index in [0.29, 0.717) is 0 Å². The van der Waals surface area contributed by atoms with Crippen LogP contribution in [0, 0.1) is 0 Å². The number of amides is 2. The van der Waals surface area contributed by atoms with Crippen molar-refractivity contribution >= 4 is 23.7 Å². The summed E-state index contributed by atoms with van der Waals surface area (Å²) < 4.78 is 5.40. The minimum atomic E-state index is -1.30. The Morgan fingerprint density at radius 3 is 2.17 bits per heavy atom. The lowest BCUT2D eigenvalue weighted by molar-refractivity contribution is -0.118. The fourth-order valence-electron chi connectivity index (χ4n) is 4.14. The van der Waals surface area contributed by atoms with Gasteiger partial charge in [-0.05, 0) is 34.4 Å². The second-order valence-corrected chi connectivity index (χ2v) is 8.15. The summed E-state index contributed by atoms with van der Waals surface area (Å²) in [6.45, 7) is -0.0699. The summed E-state index contributed by atoms with van der Waals surface area (Å²) in [4.78, 5) is 35.3. The number of ether oxygens (including phenoxy) is 1. The number of alkyl carbamates (subject to hydrolysis) is 1. The Labute approximate surface area is 201 Å². The molecular weight excluding hydrogens is 452 g/mol. The lowest BCUT2D eigenvalue weighted by Crippen LogP contribution is -2.35. The van der Waals surface area contributed by atoms with Crippen molar-refractivity contribution in [2.24, 2.45) is 0 Å². The summed E-state index contributed by atoms with van der Waals surface area (Å²) in [5, 5.41) is 33.6. The number of carboxylic acid groups (broad SMARTS) is 1. The number of aliphatic hydroxyl groups excluding tert-OH is 1. The van der Waals surface area contributed by atoms with Gasteiger partial charge in [-0.2, -0.15) is 0 Å². The lowest BCUT2D eigenvalue weighted by Gasteiger charge is -2.16. The molecule has 0 bridgehead atoms. The van der Waals surface area contributed by atoms with E-state index in [9.17, 15) is 24.6 Å². The van der Waals surface area contributed by atoms with Crippen LogP contribution in [0.2, 0.25) is 0 Å². The third kappa shape index (κ3) is 5.42. The van der Waals surface area contributed by atoms with Crippen LogP contribution >= 0.6 is 0 Å². The molecule has 0 saturated carbocycles. The van der Waals surface area contributed by atoms with Gasteiger partial charge in [-0.3, -0.25) is 4.79 Å². The van der Waals surface area contributed by atoms with Crippen molar-refractivity contribution in [3.05, 3.63) is 83.4 Å². The summed E-state index contributed by atoms with van der Waals surface area (Å²) in [6.07, 6.45) is -2.21. The molecule has 1 aliphatic carbocycles. The molecule has 2 amide bonds. The highest BCUT2D eigenvalue weighted by Crippen LogP contribution is 2.44. The maximum Gasteiger partial charge on any atom is 0.407 e. The molecule has 180 valence electrons. The molecule has 3 aromatic rings. The van der Waals surface area contributed by atoms with E-state index in [1.165, 1.54) is 6.07 Å². The van der Waals surface area contributed by atoms with E-state index in [4.69, 9.17) is 9.84 Å². The minimum Gasteiger partial charge on any atom is -0.507 e. The Balaban J connectivity index is 1.24. The van der Waals surface area contributed by atoms with Crippen molar-refractivity contribution in [3.8, 4) is 16.9 Å². The van der Waals surface area contributed by atoms with Crippen LogP contribution in [0.5, 0.6) is 5.75 Å². The zero-order chi connectivity index (χ0) is 24.9. The number of aromatic carboxylic acids is 1. The molecule has 0 aliphatic heterocycles. The molecule has 9 nitrogen and oxygen atoms in total. The van der Waals surface area contributed by atoms with E-state index >= 15 is 0 Å². The van der Waals surface area contributed by atoms with Crippen LogP contribution in [-0.2, 0) is 9.53 Å². The van der Waals surface area contributed by atoms with E-state index in [0.717, 1.165) is 34.4 Å². The van der Waals surface area contributed by atoms with Crippen LogP contribution in [0.3, 0.4) is 0 Å². The van der Waals surface area contributed by atoms with Crippen LogP contribution in [0.1, 0.15) is 33.8 Å². The minimum absolute atomic E-state index is 0.0900. The van der Waals surface area contributed by atoms with Crippen molar-refractivity contribution in [2.75, 3.05) is 18.5 Å². The first-order valence-electron chi connectivity index (χ1n) is 11.0. The smallest absolute Gasteiger partial charge is 0.407 e. The third-order valence-electron chi connectivity index (χ3n) is 5.76. The second kappa shape index (κ2) is 10.3. The maximum atomic E-state index is 12.2. The number of aromatic hydroxyl groups is 1. The van der Waals surface area contributed by atoms with Gasteiger partial charge in [0.1, 0.15) is 17.9 Å². The standard InChI is InChI=1S/C26H24N2O7/c29-16(12-24(31)28-15-9-10-21(25(32)33)23(30)11-15)13-27-26(34)35-14-22-19-7-3-1-5-17(19)18-6-2-4-8-20(18)22/h1-11,16,22,29-30H,12-14H2,(H,27,34)(H,28,31)(H,32,33). The Morgan fingerprint density at radius 1 is 0.943 bits per heavy atom. The molecule has 0 spiro atoms. The molecular formula is C26H24N2O7. The van der Waals surface area contributed by atoms with Crippen LogP contribution in [0.4, 0.5) is 10.5 Å². The lowest BCUT2D eigenvalue weighted by atomic mass is 9.98. The molecule has 5 N–H and O–H groups in total. The zero-order valence-corrected chi connectivity index (χ0v) is 18.6. The fourth-order valence-corrected chi connectivity index (χ4v) is 4.14. The highest BCUT2D eigenvalue weighted by atomic mass is 16.5. The van der Waals surface area contributed by atoms with Gasteiger partial charge in [0, 0.05) is 24.2 Å². The highest BCUT2D eigenvalue weighted by molar-refractivity contribution is 5.94. The molecule has 9 heteroatoms. The van der Waals surface area contributed by atoms with Crippen LogP contribution in [0.25, 0.3) is 11.1 Å².